The molecule has 0 radical (unpaired) electrons. The van der Waals surface area contributed by atoms with Gasteiger partial charge in [-0.1, -0.05) is 36.6 Å². The summed E-state index contributed by atoms with van der Waals surface area (Å²) in [6.45, 7) is 0. The van der Waals surface area contributed by atoms with Crippen molar-refractivity contribution in [2.45, 2.75) is 44.1 Å². The maximum atomic E-state index is 13.8. The molecule has 1 saturated carbocycles. The van der Waals surface area contributed by atoms with Crippen LogP contribution in [0.4, 0.5) is 14.5 Å². The molecule has 3 rings (SSSR count). The van der Waals surface area contributed by atoms with Crippen LogP contribution in [0.25, 0.3) is 0 Å². The number of thiocarbonyl (C=S) groups is 1. The molecule has 2 aromatic rings. The molecule has 2 aromatic carbocycles. The summed E-state index contributed by atoms with van der Waals surface area (Å²) in [4.78, 5) is 0. The number of hydrogen-bond acceptors (Lipinski definition) is 1. The molecule has 2 nitrogen and oxygen atoms in total. The van der Waals surface area contributed by atoms with Crippen LogP contribution >= 0.6 is 23.8 Å². The summed E-state index contributed by atoms with van der Waals surface area (Å²) in [5.41, 5.74) is 1.31. The van der Waals surface area contributed by atoms with Crippen LogP contribution in [0.15, 0.2) is 42.5 Å². The van der Waals surface area contributed by atoms with Gasteiger partial charge < -0.3 is 10.6 Å². The average Bonchev–Trinajstić information content (AvgIpc) is 3.05. The van der Waals surface area contributed by atoms with Gasteiger partial charge in [0.1, 0.15) is 11.6 Å². The number of hydrogen-bond donors (Lipinski definition) is 2. The van der Waals surface area contributed by atoms with Crippen LogP contribution in [0.3, 0.4) is 0 Å². The van der Waals surface area contributed by atoms with Crippen LogP contribution in [0.1, 0.15) is 37.7 Å². The molecule has 0 spiro atoms. The summed E-state index contributed by atoms with van der Waals surface area (Å²) in [6, 6.07) is 11.3. The predicted molar refractivity (Wildman–Crippen MR) is 107 cm³/mol. The predicted octanol–water partition coefficient (Wildman–Crippen LogP) is 5.85. The number of rotatable bonds is 5. The Morgan fingerprint density at radius 2 is 1.77 bits per heavy atom. The van der Waals surface area contributed by atoms with Crippen LogP contribution in [0.5, 0.6) is 0 Å². The lowest BCUT2D eigenvalue weighted by Crippen LogP contribution is -2.48. The van der Waals surface area contributed by atoms with Gasteiger partial charge >= 0.3 is 0 Å². The fourth-order valence-electron chi connectivity index (χ4n) is 3.51. The summed E-state index contributed by atoms with van der Waals surface area (Å²) < 4.78 is 26.9. The first-order valence-electron chi connectivity index (χ1n) is 8.74. The smallest absolute Gasteiger partial charge is 0.171 e. The minimum absolute atomic E-state index is 0.0970. The lowest BCUT2D eigenvalue weighted by Gasteiger charge is -2.32. The molecular formula is C20H21ClF2N2S. The van der Waals surface area contributed by atoms with Crippen molar-refractivity contribution in [2.24, 2.45) is 0 Å². The zero-order chi connectivity index (χ0) is 18.6. The van der Waals surface area contributed by atoms with E-state index in [0.717, 1.165) is 49.6 Å². The molecular weight excluding hydrogens is 374 g/mol. The Morgan fingerprint density at radius 1 is 1.08 bits per heavy atom. The molecule has 0 bridgehead atoms. The summed E-state index contributed by atoms with van der Waals surface area (Å²) >= 11 is 11.3. The van der Waals surface area contributed by atoms with Gasteiger partial charge in [-0.25, -0.2) is 8.78 Å². The normalized spacial score (nSPS) is 15.7. The molecule has 138 valence electrons. The molecule has 0 amide bonds. The molecule has 0 heterocycles. The highest BCUT2D eigenvalue weighted by molar-refractivity contribution is 7.80. The minimum atomic E-state index is -0.657. The number of halogens is 3. The number of anilines is 1. The van der Waals surface area contributed by atoms with E-state index in [4.69, 9.17) is 23.8 Å². The van der Waals surface area contributed by atoms with E-state index in [9.17, 15) is 8.78 Å². The van der Waals surface area contributed by atoms with Crippen molar-refractivity contribution in [1.82, 2.24) is 5.32 Å². The molecule has 0 unspecified atom stereocenters. The molecule has 2 N–H and O–H groups in total. The highest BCUT2D eigenvalue weighted by Gasteiger charge is 2.34. The van der Waals surface area contributed by atoms with Crippen molar-refractivity contribution < 1.29 is 8.78 Å². The van der Waals surface area contributed by atoms with Gasteiger partial charge in [0.05, 0.1) is 5.69 Å². The largest absolute Gasteiger partial charge is 0.357 e. The molecule has 0 aromatic heterocycles. The van der Waals surface area contributed by atoms with E-state index in [1.807, 2.05) is 24.3 Å². The Balaban J connectivity index is 1.63. The molecule has 0 saturated heterocycles. The zero-order valence-corrected chi connectivity index (χ0v) is 15.9. The molecule has 1 fully saturated rings. The number of benzene rings is 2. The van der Waals surface area contributed by atoms with Gasteiger partial charge in [0.15, 0.2) is 5.11 Å². The Bertz CT molecular complexity index is 774. The summed E-state index contributed by atoms with van der Waals surface area (Å²) in [5, 5.41) is 7.35. The van der Waals surface area contributed by atoms with E-state index in [1.54, 1.807) is 0 Å². The van der Waals surface area contributed by atoms with E-state index < -0.39 is 11.6 Å². The van der Waals surface area contributed by atoms with Crippen molar-refractivity contribution >= 4 is 34.6 Å². The van der Waals surface area contributed by atoms with Crippen molar-refractivity contribution in [2.75, 3.05) is 5.32 Å². The highest BCUT2D eigenvalue weighted by Crippen LogP contribution is 2.34. The third-order valence-corrected chi connectivity index (χ3v) is 5.38. The van der Waals surface area contributed by atoms with Gasteiger partial charge in [-0.3, -0.25) is 0 Å². The van der Waals surface area contributed by atoms with E-state index in [0.29, 0.717) is 5.11 Å². The first kappa shape index (κ1) is 19.1. The summed E-state index contributed by atoms with van der Waals surface area (Å²) in [6.07, 6.45) is 6.17. The molecule has 0 atom stereocenters. The molecule has 0 aliphatic heterocycles. The lowest BCUT2D eigenvalue weighted by atomic mass is 9.89. The minimum Gasteiger partial charge on any atom is -0.357 e. The van der Waals surface area contributed by atoms with Gasteiger partial charge in [-0.2, -0.15) is 0 Å². The van der Waals surface area contributed by atoms with Crippen LogP contribution < -0.4 is 10.6 Å². The van der Waals surface area contributed by atoms with Crippen LogP contribution in [-0.2, 0) is 6.42 Å². The van der Waals surface area contributed by atoms with Gasteiger partial charge in [-0.05, 0) is 67.7 Å². The lowest BCUT2D eigenvalue weighted by molar-refractivity contribution is 0.362. The SMILES string of the molecule is Fc1ccc(NC(=S)NC2(CCc3ccc(Cl)cc3)CCCC2)c(F)c1. The Hall–Kier alpha value is -1.72. The van der Waals surface area contributed by atoms with E-state index in [2.05, 4.69) is 10.6 Å². The second-order valence-electron chi connectivity index (χ2n) is 6.82. The first-order chi connectivity index (χ1) is 12.5. The van der Waals surface area contributed by atoms with Crippen molar-refractivity contribution in [1.29, 1.82) is 0 Å². The van der Waals surface area contributed by atoms with Crippen LogP contribution in [0.2, 0.25) is 5.02 Å². The summed E-state index contributed by atoms with van der Waals surface area (Å²) in [7, 11) is 0. The van der Waals surface area contributed by atoms with Gasteiger partial charge in [0.2, 0.25) is 0 Å². The van der Waals surface area contributed by atoms with Crippen molar-refractivity contribution in [3.8, 4) is 0 Å². The second-order valence-corrected chi connectivity index (χ2v) is 7.66. The maximum absolute atomic E-state index is 13.8. The third kappa shape index (κ3) is 4.92. The highest BCUT2D eigenvalue weighted by atomic mass is 35.5. The topological polar surface area (TPSA) is 24.1 Å². The monoisotopic (exact) mass is 394 g/mol. The molecule has 6 heteroatoms. The Kier molecular flexibility index (Phi) is 6.09. The molecule has 26 heavy (non-hydrogen) atoms. The fourth-order valence-corrected chi connectivity index (χ4v) is 3.96. The van der Waals surface area contributed by atoms with Crippen molar-refractivity contribution in [3.05, 3.63) is 64.7 Å². The quantitative estimate of drug-likeness (QED) is 0.622. The average molecular weight is 395 g/mol. The zero-order valence-electron chi connectivity index (χ0n) is 14.3. The Morgan fingerprint density at radius 3 is 2.42 bits per heavy atom. The Labute approximate surface area is 162 Å². The van der Waals surface area contributed by atoms with Gasteiger partial charge in [0, 0.05) is 16.6 Å². The van der Waals surface area contributed by atoms with E-state index in [-0.39, 0.29) is 11.2 Å². The molecule has 1 aliphatic rings. The third-order valence-electron chi connectivity index (χ3n) is 4.92. The number of aryl methyl sites for hydroxylation is 1. The van der Waals surface area contributed by atoms with Crippen molar-refractivity contribution in [3.63, 3.8) is 0 Å². The standard InChI is InChI=1S/C20H21ClF2N2S/c21-15-5-3-14(4-6-15)9-12-20(10-1-2-11-20)25-19(26)24-18-8-7-16(22)13-17(18)23/h3-8,13H,1-2,9-12H2,(H2,24,25,26). The first-order valence-corrected chi connectivity index (χ1v) is 9.53. The number of nitrogens with one attached hydrogen (secondary N) is 2. The van der Waals surface area contributed by atoms with Crippen LogP contribution in [-0.4, -0.2) is 10.7 Å². The van der Waals surface area contributed by atoms with Crippen LogP contribution in [0, 0.1) is 11.6 Å². The maximum Gasteiger partial charge on any atom is 0.171 e. The second kappa shape index (κ2) is 8.31. The van der Waals surface area contributed by atoms with Gasteiger partial charge in [-0.15, -0.1) is 0 Å². The van der Waals surface area contributed by atoms with E-state index >= 15 is 0 Å². The summed E-state index contributed by atoms with van der Waals surface area (Å²) in [5.74, 6) is -1.27. The fraction of sp³-hybridized carbons (Fsp3) is 0.350. The van der Waals surface area contributed by atoms with E-state index in [1.165, 1.54) is 17.7 Å². The van der Waals surface area contributed by atoms with Gasteiger partial charge in [0.25, 0.3) is 0 Å². The molecule has 1 aliphatic carbocycles.